The number of hydrogen-bond donors (Lipinski definition) is 1. The van der Waals surface area contributed by atoms with Crippen LogP contribution in [0.2, 0.25) is 0 Å². The molecule has 2 unspecified atom stereocenters. The molecule has 1 saturated heterocycles. The van der Waals surface area contributed by atoms with Gasteiger partial charge in [-0.05, 0) is 31.7 Å². The Hall–Kier alpha value is 0.270. The van der Waals surface area contributed by atoms with E-state index in [2.05, 4.69) is 30.3 Å². The van der Waals surface area contributed by atoms with Crippen LogP contribution in [0, 0.1) is 5.92 Å². The van der Waals surface area contributed by atoms with Gasteiger partial charge in [-0.3, -0.25) is 0 Å². The highest BCUT2D eigenvalue weighted by Gasteiger charge is 2.24. The summed E-state index contributed by atoms with van der Waals surface area (Å²) in [5, 5.41) is 3.58. The summed E-state index contributed by atoms with van der Waals surface area (Å²) in [5.74, 6) is 2.09. The maximum Gasteiger partial charge on any atom is 0.0117 e. The van der Waals surface area contributed by atoms with Crippen molar-refractivity contribution < 1.29 is 0 Å². The molecule has 0 radical (unpaired) electrons. The summed E-state index contributed by atoms with van der Waals surface area (Å²) in [6, 6.07) is 0.755. The van der Waals surface area contributed by atoms with Gasteiger partial charge in [-0.2, -0.15) is 11.8 Å². The lowest BCUT2D eigenvalue weighted by Crippen LogP contribution is -2.48. The monoisotopic (exact) mass is 216 g/mol. The molecule has 2 nitrogen and oxygen atoms in total. The molecule has 84 valence electrons. The van der Waals surface area contributed by atoms with Crippen LogP contribution in [0.3, 0.4) is 0 Å². The molecule has 2 atom stereocenters. The second-order valence-corrected chi connectivity index (χ2v) is 5.21. The maximum absolute atomic E-state index is 3.58. The molecule has 1 N–H and O–H groups in total. The van der Waals surface area contributed by atoms with Crippen molar-refractivity contribution in [3.63, 3.8) is 0 Å². The first-order valence-corrected chi connectivity index (χ1v) is 7.12. The minimum absolute atomic E-state index is 0.755. The lowest BCUT2D eigenvalue weighted by molar-refractivity contribution is 0.156. The fraction of sp³-hybridized carbons (Fsp3) is 1.00. The van der Waals surface area contributed by atoms with E-state index in [1.807, 2.05) is 11.8 Å². The molecule has 0 bridgehead atoms. The van der Waals surface area contributed by atoms with Crippen LogP contribution in [-0.4, -0.2) is 49.1 Å². The number of piperidine rings is 1. The summed E-state index contributed by atoms with van der Waals surface area (Å²) in [7, 11) is 0. The average molecular weight is 216 g/mol. The third-order valence-electron chi connectivity index (χ3n) is 3.07. The fourth-order valence-corrected chi connectivity index (χ4v) is 2.66. The van der Waals surface area contributed by atoms with E-state index in [4.69, 9.17) is 0 Å². The van der Waals surface area contributed by atoms with Crippen molar-refractivity contribution in [3.8, 4) is 0 Å². The second-order valence-electron chi connectivity index (χ2n) is 4.22. The van der Waals surface area contributed by atoms with Gasteiger partial charge in [0.1, 0.15) is 0 Å². The van der Waals surface area contributed by atoms with Crippen LogP contribution < -0.4 is 5.32 Å². The molecule has 14 heavy (non-hydrogen) atoms. The SMILES string of the molecule is CCNC1CCN(CCSC)CC1C. The van der Waals surface area contributed by atoms with Crippen LogP contribution in [-0.2, 0) is 0 Å². The van der Waals surface area contributed by atoms with Crippen molar-refractivity contribution in [1.29, 1.82) is 0 Å². The lowest BCUT2D eigenvalue weighted by atomic mass is 9.94. The van der Waals surface area contributed by atoms with Gasteiger partial charge in [0.05, 0.1) is 0 Å². The van der Waals surface area contributed by atoms with Crippen LogP contribution in [0.25, 0.3) is 0 Å². The molecule has 0 aromatic heterocycles. The summed E-state index contributed by atoms with van der Waals surface area (Å²) >= 11 is 1.95. The largest absolute Gasteiger partial charge is 0.314 e. The summed E-state index contributed by atoms with van der Waals surface area (Å²) in [6.07, 6.45) is 3.51. The van der Waals surface area contributed by atoms with Crippen LogP contribution in [0.4, 0.5) is 0 Å². The first kappa shape index (κ1) is 12.3. The Morgan fingerprint density at radius 2 is 2.29 bits per heavy atom. The lowest BCUT2D eigenvalue weighted by Gasteiger charge is -2.37. The highest BCUT2D eigenvalue weighted by atomic mass is 32.2. The Kier molecular flexibility index (Phi) is 5.90. The van der Waals surface area contributed by atoms with Crippen LogP contribution >= 0.6 is 11.8 Å². The molecule has 0 amide bonds. The molecule has 0 spiro atoms. The molecule has 0 aliphatic carbocycles. The van der Waals surface area contributed by atoms with Crippen molar-refractivity contribution in [2.24, 2.45) is 5.92 Å². The summed E-state index contributed by atoms with van der Waals surface area (Å²) in [6.45, 7) is 9.51. The minimum Gasteiger partial charge on any atom is -0.314 e. The Balaban J connectivity index is 2.24. The van der Waals surface area contributed by atoms with Gasteiger partial charge in [0, 0.05) is 24.9 Å². The first-order valence-electron chi connectivity index (χ1n) is 5.72. The third-order valence-corrected chi connectivity index (χ3v) is 3.66. The standard InChI is InChI=1S/C11H24N2S/c1-4-12-11-5-6-13(7-8-14-3)9-10(11)2/h10-12H,4-9H2,1-3H3. The zero-order chi connectivity index (χ0) is 10.4. The number of nitrogens with one attached hydrogen (secondary N) is 1. The molecule has 1 heterocycles. The van der Waals surface area contributed by atoms with Gasteiger partial charge in [0.15, 0.2) is 0 Å². The Labute approximate surface area is 92.8 Å². The van der Waals surface area contributed by atoms with Gasteiger partial charge in [0.25, 0.3) is 0 Å². The van der Waals surface area contributed by atoms with E-state index in [0.29, 0.717) is 0 Å². The molecule has 3 heteroatoms. The quantitative estimate of drug-likeness (QED) is 0.752. The van der Waals surface area contributed by atoms with Gasteiger partial charge < -0.3 is 10.2 Å². The van der Waals surface area contributed by atoms with Gasteiger partial charge in [-0.15, -0.1) is 0 Å². The molecule has 1 aliphatic heterocycles. The highest BCUT2D eigenvalue weighted by Crippen LogP contribution is 2.16. The maximum atomic E-state index is 3.58. The van der Waals surface area contributed by atoms with E-state index >= 15 is 0 Å². The topological polar surface area (TPSA) is 15.3 Å². The van der Waals surface area contributed by atoms with Crippen molar-refractivity contribution in [1.82, 2.24) is 10.2 Å². The number of nitrogens with zero attached hydrogens (tertiary/aromatic N) is 1. The average Bonchev–Trinajstić information content (AvgIpc) is 2.19. The zero-order valence-corrected chi connectivity index (χ0v) is 10.6. The van der Waals surface area contributed by atoms with Crippen molar-refractivity contribution in [2.45, 2.75) is 26.3 Å². The van der Waals surface area contributed by atoms with Crippen molar-refractivity contribution >= 4 is 11.8 Å². The van der Waals surface area contributed by atoms with E-state index in [1.54, 1.807) is 0 Å². The second kappa shape index (κ2) is 6.70. The minimum atomic E-state index is 0.755. The highest BCUT2D eigenvalue weighted by molar-refractivity contribution is 7.98. The molecule has 0 aromatic rings. The Morgan fingerprint density at radius 3 is 2.86 bits per heavy atom. The van der Waals surface area contributed by atoms with Crippen molar-refractivity contribution in [2.75, 3.05) is 38.2 Å². The van der Waals surface area contributed by atoms with E-state index in [0.717, 1.165) is 18.5 Å². The molecule has 0 aromatic carbocycles. The normalized spacial score (nSPS) is 29.4. The number of thioether (sulfide) groups is 1. The van der Waals surface area contributed by atoms with Crippen molar-refractivity contribution in [3.05, 3.63) is 0 Å². The molecular weight excluding hydrogens is 192 g/mol. The van der Waals surface area contributed by atoms with Crippen LogP contribution in [0.15, 0.2) is 0 Å². The van der Waals surface area contributed by atoms with Gasteiger partial charge >= 0.3 is 0 Å². The molecule has 1 aliphatic rings. The van der Waals surface area contributed by atoms with Crippen LogP contribution in [0.5, 0.6) is 0 Å². The predicted molar refractivity (Wildman–Crippen MR) is 66.1 cm³/mol. The summed E-state index contributed by atoms with van der Waals surface area (Å²) < 4.78 is 0. The summed E-state index contributed by atoms with van der Waals surface area (Å²) in [4.78, 5) is 2.61. The van der Waals surface area contributed by atoms with E-state index in [-0.39, 0.29) is 0 Å². The van der Waals surface area contributed by atoms with Crippen LogP contribution in [0.1, 0.15) is 20.3 Å². The van der Waals surface area contributed by atoms with E-state index < -0.39 is 0 Å². The molecule has 1 rings (SSSR count). The smallest absolute Gasteiger partial charge is 0.0117 e. The third kappa shape index (κ3) is 3.79. The Morgan fingerprint density at radius 1 is 1.50 bits per heavy atom. The molecule has 1 fully saturated rings. The van der Waals surface area contributed by atoms with Gasteiger partial charge in [0.2, 0.25) is 0 Å². The van der Waals surface area contributed by atoms with E-state index in [1.165, 1.54) is 31.8 Å². The summed E-state index contributed by atoms with van der Waals surface area (Å²) in [5.41, 5.74) is 0. The Bertz CT molecular complexity index is 152. The van der Waals surface area contributed by atoms with Gasteiger partial charge in [-0.1, -0.05) is 13.8 Å². The zero-order valence-electron chi connectivity index (χ0n) is 9.75. The number of rotatable bonds is 5. The predicted octanol–water partition coefficient (Wildman–Crippen LogP) is 1.67. The number of hydrogen-bond acceptors (Lipinski definition) is 3. The molecule has 0 saturated carbocycles. The number of likely N-dealkylation sites (tertiary alicyclic amines) is 1. The van der Waals surface area contributed by atoms with E-state index in [9.17, 15) is 0 Å². The molecular formula is C11H24N2S. The fourth-order valence-electron chi connectivity index (χ4n) is 2.22. The van der Waals surface area contributed by atoms with Gasteiger partial charge in [-0.25, -0.2) is 0 Å². The first-order chi connectivity index (χ1) is 6.77.